The number of carbonyl (C=O) groups is 3. The second-order valence-corrected chi connectivity index (χ2v) is 7.45. The van der Waals surface area contributed by atoms with Crippen molar-refractivity contribution >= 4 is 29.4 Å². The van der Waals surface area contributed by atoms with E-state index >= 15 is 0 Å². The van der Waals surface area contributed by atoms with E-state index in [-0.39, 0.29) is 11.5 Å². The maximum atomic E-state index is 12.4. The Labute approximate surface area is 172 Å². The second-order valence-electron chi connectivity index (χ2n) is 6.36. The van der Waals surface area contributed by atoms with Crippen LogP contribution in [0.5, 0.6) is 5.75 Å². The summed E-state index contributed by atoms with van der Waals surface area (Å²) in [5.74, 6) is -0.0778. The summed E-state index contributed by atoms with van der Waals surface area (Å²) in [6, 6.07) is 14.5. The molecule has 8 nitrogen and oxygen atoms in total. The molecule has 152 valence electrons. The van der Waals surface area contributed by atoms with Crippen LogP contribution in [-0.4, -0.2) is 48.2 Å². The first-order valence-electron chi connectivity index (χ1n) is 8.94. The van der Waals surface area contributed by atoms with Crippen molar-refractivity contribution in [1.82, 2.24) is 16.0 Å². The number of carbonyl (C=O) groups excluding carboxylic acids is 3. The Morgan fingerprint density at radius 3 is 2.41 bits per heavy atom. The molecule has 29 heavy (non-hydrogen) atoms. The van der Waals surface area contributed by atoms with Crippen molar-refractivity contribution in [2.45, 2.75) is 17.7 Å². The number of nitrogens with one attached hydrogen (secondary N) is 3. The maximum Gasteiger partial charge on any atom is 0.252 e. The summed E-state index contributed by atoms with van der Waals surface area (Å²) in [5, 5.41) is 8.35. The highest BCUT2D eigenvalue weighted by atomic mass is 32.2. The van der Waals surface area contributed by atoms with Gasteiger partial charge in [0.25, 0.3) is 5.91 Å². The van der Waals surface area contributed by atoms with Gasteiger partial charge < -0.3 is 21.1 Å². The topological polar surface area (TPSA) is 123 Å². The number of thioether (sulfide) groups is 1. The van der Waals surface area contributed by atoms with E-state index in [4.69, 9.17) is 10.5 Å². The van der Waals surface area contributed by atoms with E-state index in [1.165, 1.54) is 18.9 Å². The predicted molar refractivity (Wildman–Crippen MR) is 111 cm³/mol. The average molecular weight is 414 g/mol. The van der Waals surface area contributed by atoms with Crippen molar-refractivity contribution in [3.8, 4) is 5.75 Å². The van der Waals surface area contributed by atoms with Gasteiger partial charge in [0, 0.05) is 11.1 Å². The third-order valence-electron chi connectivity index (χ3n) is 4.37. The lowest BCUT2D eigenvalue weighted by molar-refractivity contribution is -0.125. The summed E-state index contributed by atoms with van der Waals surface area (Å²) in [5.41, 5.74) is 6.51. The molecule has 0 radical (unpaired) electrons. The molecule has 3 unspecified atom stereocenters. The fourth-order valence-corrected chi connectivity index (χ4v) is 3.71. The largest absolute Gasteiger partial charge is 0.497 e. The molecule has 2 aromatic rings. The standard InChI is InChI=1S/C20H22N4O4S/c1-28-14-9-7-13(8-10-14)18(26)22-16-17(21)23-20(24-19(16)27)29-11-15(25)12-5-3-2-4-6-12/h2-10,16-17,20,23H,11,21H2,1H3,(H,22,26)(H,24,27). The number of nitrogens with two attached hydrogens (primary N) is 1. The van der Waals surface area contributed by atoms with Gasteiger partial charge in [-0.05, 0) is 24.3 Å². The van der Waals surface area contributed by atoms with E-state index in [1.807, 2.05) is 6.07 Å². The fraction of sp³-hybridized carbons (Fsp3) is 0.250. The predicted octanol–water partition coefficient (Wildman–Crippen LogP) is 0.698. The van der Waals surface area contributed by atoms with Crippen molar-refractivity contribution in [1.29, 1.82) is 0 Å². The van der Waals surface area contributed by atoms with Gasteiger partial charge in [0.05, 0.1) is 19.0 Å². The molecule has 1 aliphatic heterocycles. The Morgan fingerprint density at radius 2 is 1.79 bits per heavy atom. The highest BCUT2D eigenvalue weighted by Crippen LogP contribution is 2.15. The van der Waals surface area contributed by atoms with Crippen molar-refractivity contribution < 1.29 is 19.1 Å². The lowest BCUT2D eigenvalue weighted by Gasteiger charge is -2.35. The van der Waals surface area contributed by atoms with Gasteiger partial charge in [-0.1, -0.05) is 30.3 Å². The van der Waals surface area contributed by atoms with E-state index in [0.717, 1.165) is 0 Å². The summed E-state index contributed by atoms with van der Waals surface area (Å²) >= 11 is 1.23. The van der Waals surface area contributed by atoms with Gasteiger partial charge in [0.2, 0.25) is 5.91 Å². The van der Waals surface area contributed by atoms with Crippen LogP contribution in [0.1, 0.15) is 20.7 Å². The number of hydrogen-bond donors (Lipinski definition) is 4. The van der Waals surface area contributed by atoms with Crippen LogP contribution in [0.2, 0.25) is 0 Å². The molecule has 2 aromatic carbocycles. The van der Waals surface area contributed by atoms with Gasteiger partial charge in [-0.2, -0.15) is 0 Å². The molecule has 9 heteroatoms. The number of ketones is 1. The first-order valence-corrected chi connectivity index (χ1v) is 9.99. The summed E-state index contributed by atoms with van der Waals surface area (Å²) in [6.07, 6.45) is -0.796. The molecule has 1 heterocycles. The minimum Gasteiger partial charge on any atom is -0.497 e. The smallest absolute Gasteiger partial charge is 0.252 e. The molecule has 0 aromatic heterocycles. The molecule has 1 saturated heterocycles. The summed E-state index contributed by atoms with van der Waals surface area (Å²) in [4.78, 5) is 37.0. The van der Waals surface area contributed by atoms with Crippen LogP contribution in [0, 0.1) is 0 Å². The van der Waals surface area contributed by atoms with Crippen LogP contribution in [0.4, 0.5) is 0 Å². The Morgan fingerprint density at radius 1 is 1.10 bits per heavy atom. The van der Waals surface area contributed by atoms with Gasteiger partial charge in [-0.15, -0.1) is 11.8 Å². The molecule has 3 rings (SSSR count). The Kier molecular flexibility index (Phi) is 6.86. The fourth-order valence-electron chi connectivity index (χ4n) is 2.77. The zero-order valence-electron chi connectivity index (χ0n) is 15.8. The van der Waals surface area contributed by atoms with E-state index in [0.29, 0.717) is 16.9 Å². The number of rotatable bonds is 7. The quantitative estimate of drug-likeness (QED) is 0.492. The molecular weight excluding hydrogens is 392 g/mol. The van der Waals surface area contributed by atoms with Crippen molar-refractivity contribution in [3.63, 3.8) is 0 Å². The second kappa shape index (κ2) is 9.55. The maximum absolute atomic E-state index is 12.4. The Hall–Kier alpha value is -2.88. The van der Waals surface area contributed by atoms with Crippen LogP contribution in [-0.2, 0) is 4.79 Å². The molecular formula is C20H22N4O4S. The molecule has 3 atom stereocenters. The molecule has 1 aliphatic rings. The van der Waals surface area contributed by atoms with E-state index in [9.17, 15) is 14.4 Å². The van der Waals surface area contributed by atoms with Crippen LogP contribution in [0.25, 0.3) is 0 Å². The van der Waals surface area contributed by atoms with Gasteiger partial charge in [-0.3, -0.25) is 19.7 Å². The van der Waals surface area contributed by atoms with Gasteiger partial charge in [-0.25, -0.2) is 0 Å². The van der Waals surface area contributed by atoms with E-state index < -0.39 is 29.5 Å². The normalized spacial score (nSPS) is 21.2. The highest BCUT2D eigenvalue weighted by molar-refractivity contribution is 8.00. The van der Waals surface area contributed by atoms with Crippen LogP contribution in [0.3, 0.4) is 0 Å². The third-order valence-corrected chi connectivity index (χ3v) is 5.39. The number of benzene rings is 2. The SMILES string of the molecule is COc1ccc(C(=O)NC2C(=O)NC(SCC(=O)c3ccccc3)NC2N)cc1. The minimum atomic E-state index is -0.939. The van der Waals surface area contributed by atoms with Crippen molar-refractivity contribution in [3.05, 3.63) is 65.7 Å². The van der Waals surface area contributed by atoms with E-state index in [2.05, 4.69) is 16.0 Å². The number of ether oxygens (including phenoxy) is 1. The lowest BCUT2D eigenvalue weighted by Crippen LogP contribution is -2.70. The Balaban J connectivity index is 1.53. The lowest BCUT2D eigenvalue weighted by atomic mass is 10.1. The molecule has 1 fully saturated rings. The molecule has 0 bridgehead atoms. The van der Waals surface area contributed by atoms with Gasteiger partial charge in [0.15, 0.2) is 5.78 Å². The highest BCUT2D eigenvalue weighted by Gasteiger charge is 2.35. The monoisotopic (exact) mass is 414 g/mol. The van der Waals surface area contributed by atoms with Crippen molar-refractivity contribution in [2.24, 2.45) is 5.73 Å². The van der Waals surface area contributed by atoms with Crippen LogP contribution >= 0.6 is 11.8 Å². The van der Waals surface area contributed by atoms with Gasteiger partial charge >= 0.3 is 0 Å². The summed E-state index contributed by atoms with van der Waals surface area (Å²) in [7, 11) is 1.54. The summed E-state index contributed by atoms with van der Waals surface area (Å²) < 4.78 is 5.06. The van der Waals surface area contributed by atoms with E-state index in [1.54, 1.807) is 48.5 Å². The van der Waals surface area contributed by atoms with Gasteiger partial charge in [0.1, 0.15) is 17.3 Å². The molecule has 2 amide bonds. The van der Waals surface area contributed by atoms with Crippen LogP contribution < -0.4 is 26.4 Å². The van der Waals surface area contributed by atoms with Crippen molar-refractivity contribution in [2.75, 3.05) is 12.9 Å². The molecule has 0 aliphatic carbocycles. The zero-order chi connectivity index (χ0) is 20.8. The minimum absolute atomic E-state index is 0.0462. The first-order chi connectivity index (χ1) is 14.0. The summed E-state index contributed by atoms with van der Waals surface area (Å²) in [6.45, 7) is 0. The number of methoxy groups -OCH3 is 1. The number of amides is 2. The first kappa shape index (κ1) is 20.8. The van der Waals surface area contributed by atoms with Crippen LogP contribution in [0.15, 0.2) is 54.6 Å². The molecule has 0 saturated carbocycles. The average Bonchev–Trinajstić information content (AvgIpc) is 2.75. The number of Topliss-reactive ketones (excluding diaryl/α,β-unsaturated/α-hetero) is 1. The zero-order valence-corrected chi connectivity index (χ0v) is 16.6. The molecule has 5 N–H and O–H groups in total. The number of hydrogen-bond acceptors (Lipinski definition) is 7. The Bertz CT molecular complexity index is 876. The third kappa shape index (κ3) is 5.35. The molecule has 0 spiro atoms.